The second-order valence-electron chi connectivity index (χ2n) is 6.32. The van der Waals surface area contributed by atoms with Crippen LogP contribution in [0.5, 0.6) is 0 Å². The van der Waals surface area contributed by atoms with Crippen molar-refractivity contribution in [1.29, 1.82) is 0 Å². The minimum atomic E-state index is -0.478. The topological polar surface area (TPSA) is 87.1 Å². The fourth-order valence-corrected chi connectivity index (χ4v) is 3.40. The maximum absolute atomic E-state index is 12.3. The van der Waals surface area contributed by atoms with Gasteiger partial charge in [-0.05, 0) is 48.1 Å². The van der Waals surface area contributed by atoms with Gasteiger partial charge in [-0.25, -0.2) is 9.59 Å². The highest BCUT2D eigenvalue weighted by molar-refractivity contribution is 5.75. The van der Waals surface area contributed by atoms with Crippen molar-refractivity contribution < 1.29 is 9.21 Å². The van der Waals surface area contributed by atoms with E-state index >= 15 is 0 Å². The third-order valence-electron chi connectivity index (χ3n) is 4.61. The lowest BCUT2D eigenvalue weighted by atomic mass is 9.88. The van der Waals surface area contributed by atoms with Crippen molar-refractivity contribution in [3.05, 3.63) is 69.7 Å². The number of benzene rings is 2. The summed E-state index contributed by atoms with van der Waals surface area (Å²) in [5, 5.41) is 5.94. The molecule has 3 aromatic rings. The van der Waals surface area contributed by atoms with Gasteiger partial charge in [-0.15, -0.1) is 0 Å². The largest absolute Gasteiger partial charge is 0.417 e. The molecule has 0 saturated carbocycles. The Balaban J connectivity index is 1.40. The lowest BCUT2D eigenvalue weighted by molar-refractivity contribution is 0.235. The fraction of sp³-hybridized carbons (Fsp3) is 0.263. The van der Waals surface area contributed by atoms with Gasteiger partial charge in [0.25, 0.3) is 0 Å². The van der Waals surface area contributed by atoms with Crippen LogP contribution in [0.1, 0.15) is 35.6 Å². The summed E-state index contributed by atoms with van der Waals surface area (Å²) in [6.07, 6.45) is 3.10. The second-order valence-corrected chi connectivity index (χ2v) is 6.32. The number of hydrogen-bond acceptors (Lipinski definition) is 3. The molecule has 0 unspecified atom stereocenters. The van der Waals surface area contributed by atoms with E-state index in [0.717, 1.165) is 24.8 Å². The van der Waals surface area contributed by atoms with Crippen molar-refractivity contribution in [2.24, 2.45) is 0 Å². The Hall–Kier alpha value is -3.02. The van der Waals surface area contributed by atoms with Crippen molar-refractivity contribution >= 4 is 17.1 Å². The molecular formula is C19H19N3O3. The fourth-order valence-electron chi connectivity index (χ4n) is 3.40. The van der Waals surface area contributed by atoms with Crippen LogP contribution in [0.4, 0.5) is 4.79 Å². The van der Waals surface area contributed by atoms with E-state index in [1.807, 2.05) is 18.2 Å². The summed E-state index contributed by atoms with van der Waals surface area (Å²) in [6, 6.07) is 13.5. The normalized spacial score (nSPS) is 16.4. The number of hydrogen-bond donors (Lipinski definition) is 3. The maximum Gasteiger partial charge on any atom is 0.417 e. The zero-order chi connectivity index (χ0) is 17.2. The van der Waals surface area contributed by atoms with Crippen LogP contribution in [0.25, 0.3) is 11.1 Å². The monoisotopic (exact) mass is 337 g/mol. The SMILES string of the molecule is O=C(NCc1ccc2oc(=O)[nH]c2c1)N[C@@H]1CCCc2ccccc21. The number of carbonyl (C=O) groups excluding carboxylic acids is 1. The lowest BCUT2D eigenvalue weighted by Gasteiger charge is -2.26. The van der Waals surface area contributed by atoms with Gasteiger partial charge < -0.3 is 15.1 Å². The summed E-state index contributed by atoms with van der Waals surface area (Å²) < 4.78 is 4.97. The van der Waals surface area contributed by atoms with Crippen LogP contribution in [0.3, 0.4) is 0 Å². The molecule has 3 N–H and O–H groups in total. The molecule has 0 aliphatic heterocycles. The second kappa shape index (κ2) is 6.47. The molecular weight excluding hydrogens is 318 g/mol. The number of amides is 2. The zero-order valence-corrected chi connectivity index (χ0v) is 13.7. The summed E-state index contributed by atoms with van der Waals surface area (Å²) in [6.45, 7) is 0.378. The van der Waals surface area contributed by atoms with Gasteiger partial charge in [0.2, 0.25) is 0 Å². The van der Waals surface area contributed by atoms with Crippen molar-refractivity contribution in [2.75, 3.05) is 0 Å². The van der Waals surface area contributed by atoms with Gasteiger partial charge in [-0.3, -0.25) is 4.98 Å². The molecule has 0 radical (unpaired) electrons. The first kappa shape index (κ1) is 15.5. The van der Waals surface area contributed by atoms with Crippen molar-refractivity contribution in [3.63, 3.8) is 0 Å². The van der Waals surface area contributed by atoms with E-state index in [4.69, 9.17) is 4.42 Å². The molecule has 0 saturated heterocycles. The van der Waals surface area contributed by atoms with Gasteiger partial charge in [0, 0.05) is 6.54 Å². The molecule has 2 amide bonds. The molecule has 1 aromatic heterocycles. The van der Waals surface area contributed by atoms with Crippen molar-refractivity contribution in [1.82, 2.24) is 15.6 Å². The number of H-pyrrole nitrogens is 1. The number of rotatable bonds is 3. The molecule has 4 rings (SSSR count). The molecule has 25 heavy (non-hydrogen) atoms. The van der Waals surface area contributed by atoms with Crippen LogP contribution in [0, 0.1) is 0 Å². The molecule has 0 spiro atoms. The summed E-state index contributed by atoms with van der Waals surface area (Å²) >= 11 is 0. The molecule has 6 heteroatoms. The highest BCUT2D eigenvalue weighted by Crippen LogP contribution is 2.29. The Labute approximate surface area is 144 Å². The van der Waals surface area contributed by atoms with Crippen LogP contribution in [0.2, 0.25) is 0 Å². The van der Waals surface area contributed by atoms with Gasteiger partial charge in [0.1, 0.15) is 0 Å². The first-order valence-corrected chi connectivity index (χ1v) is 8.43. The summed E-state index contributed by atoms with van der Waals surface area (Å²) in [7, 11) is 0. The van der Waals surface area contributed by atoms with Gasteiger partial charge in [0.15, 0.2) is 5.58 Å². The minimum absolute atomic E-state index is 0.0534. The predicted octanol–water partition coefficient (Wildman–Crippen LogP) is 3.00. The number of aromatic nitrogens is 1. The smallest absolute Gasteiger partial charge is 0.408 e. The minimum Gasteiger partial charge on any atom is -0.408 e. The highest BCUT2D eigenvalue weighted by atomic mass is 16.4. The Bertz CT molecular complexity index is 973. The Morgan fingerprint density at radius 3 is 3.04 bits per heavy atom. The number of carbonyl (C=O) groups is 1. The number of fused-ring (bicyclic) bond motifs is 2. The highest BCUT2D eigenvalue weighted by Gasteiger charge is 2.21. The quantitative estimate of drug-likeness (QED) is 0.686. The number of nitrogens with one attached hydrogen (secondary N) is 3. The van der Waals surface area contributed by atoms with Gasteiger partial charge >= 0.3 is 11.8 Å². The van der Waals surface area contributed by atoms with Crippen LogP contribution in [-0.4, -0.2) is 11.0 Å². The molecule has 128 valence electrons. The van der Waals surface area contributed by atoms with Gasteiger partial charge in [-0.1, -0.05) is 30.3 Å². The molecule has 0 fully saturated rings. The summed E-state index contributed by atoms with van der Waals surface area (Å²) in [5.74, 6) is -0.478. The van der Waals surface area contributed by atoms with E-state index in [1.54, 1.807) is 12.1 Å². The van der Waals surface area contributed by atoms with Gasteiger partial charge in [-0.2, -0.15) is 0 Å². The molecule has 1 atom stereocenters. The number of aromatic amines is 1. The molecule has 2 aromatic carbocycles. The molecule has 1 heterocycles. The first-order chi connectivity index (χ1) is 12.2. The van der Waals surface area contributed by atoms with Crippen molar-refractivity contribution in [2.45, 2.75) is 31.8 Å². The Morgan fingerprint density at radius 2 is 2.12 bits per heavy atom. The third kappa shape index (κ3) is 3.28. The van der Waals surface area contributed by atoms with E-state index in [0.29, 0.717) is 17.6 Å². The van der Waals surface area contributed by atoms with E-state index in [-0.39, 0.29) is 12.1 Å². The third-order valence-corrected chi connectivity index (χ3v) is 4.61. The number of aryl methyl sites for hydroxylation is 1. The molecule has 0 bridgehead atoms. The Morgan fingerprint density at radius 1 is 1.24 bits per heavy atom. The summed E-state index contributed by atoms with van der Waals surface area (Å²) in [4.78, 5) is 26.1. The number of urea groups is 1. The predicted molar refractivity (Wildman–Crippen MR) is 94.3 cm³/mol. The lowest BCUT2D eigenvalue weighted by Crippen LogP contribution is -2.38. The number of oxazole rings is 1. The van der Waals surface area contributed by atoms with Crippen LogP contribution in [0.15, 0.2) is 51.7 Å². The molecule has 1 aliphatic rings. The van der Waals surface area contributed by atoms with Crippen LogP contribution >= 0.6 is 0 Å². The maximum atomic E-state index is 12.3. The van der Waals surface area contributed by atoms with Crippen LogP contribution < -0.4 is 16.4 Å². The first-order valence-electron chi connectivity index (χ1n) is 8.43. The van der Waals surface area contributed by atoms with Crippen molar-refractivity contribution in [3.8, 4) is 0 Å². The van der Waals surface area contributed by atoms with E-state index < -0.39 is 5.76 Å². The zero-order valence-electron chi connectivity index (χ0n) is 13.7. The van der Waals surface area contributed by atoms with E-state index in [2.05, 4.69) is 27.8 Å². The molecule has 1 aliphatic carbocycles. The van der Waals surface area contributed by atoms with Gasteiger partial charge in [0.05, 0.1) is 11.6 Å². The molecule has 6 nitrogen and oxygen atoms in total. The standard InChI is InChI=1S/C19H19N3O3/c23-18(21-15-7-3-5-13-4-1-2-6-14(13)15)20-11-12-8-9-17-16(10-12)22-19(24)25-17/h1-2,4,6,8-10,15H,3,5,7,11H2,(H,22,24)(H2,20,21,23)/t15-/m1/s1. The average molecular weight is 337 g/mol. The Kier molecular flexibility index (Phi) is 4.01. The summed E-state index contributed by atoms with van der Waals surface area (Å²) in [5.41, 5.74) is 4.56. The van der Waals surface area contributed by atoms with E-state index in [1.165, 1.54) is 11.1 Å². The average Bonchev–Trinajstić information content (AvgIpc) is 2.99. The van der Waals surface area contributed by atoms with Crippen LogP contribution in [-0.2, 0) is 13.0 Å². The van der Waals surface area contributed by atoms with E-state index in [9.17, 15) is 9.59 Å².